The Balaban J connectivity index is 1.63. The molecular weight excluding hydrogens is 467 g/mol. The summed E-state index contributed by atoms with van der Waals surface area (Å²) in [5, 5.41) is 18.2. The number of carbonyl (C=O) groups is 2. The van der Waals surface area contributed by atoms with Gasteiger partial charge in [-0.1, -0.05) is 47.5 Å². The monoisotopic (exact) mass is 484 g/mol. The fraction of sp³-hybridized carbons (Fsp3) is 0.0870. The Bertz CT molecular complexity index is 1240. The average Bonchev–Trinajstić information content (AvgIpc) is 2.78. The van der Waals surface area contributed by atoms with Gasteiger partial charge >= 0.3 is 0 Å². The molecule has 0 bridgehead atoms. The maximum atomic E-state index is 12.5. The summed E-state index contributed by atoms with van der Waals surface area (Å²) in [5.74, 6) is -0.759. The third-order valence-corrected chi connectivity index (χ3v) is 5.12. The molecule has 168 valence electrons. The molecule has 0 aromatic heterocycles. The van der Waals surface area contributed by atoms with Gasteiger partial charge in [0, 0.05) is 22.8 Å². The zero-order chi connectivity index (χ0) is 24.0. The molecule has 0 heterocycles. The third-order valence-electron chi connectivity index (χ3n) is 4.57. The van der Waals surface area contributed by atoms with Gasteiger partial charge in [-0.2, -0.15) is 5.10 Å². The summed E-state index contributed by atoms with van der Waals surface area (Å²) in [7, 11) is 0. The number of nitrogens with one attached hydrogen (secondary N) is 2. The van der Waals surface area contributed by atoms with Crippen LogP contribution in [0, 0.1) is 10.1 Å². The molecule has 0 saturated carbocycles. The summed E-state index contributed by atoms with van der Waals surface area (Å²) >= 11 is 12.0. The van der Waals surface area contributed by atoms with Crippen molar-refractivity contribution in [1.29, 1.82) is 0 Å². The van der Waals surface area contributed by atoms with Gasteiger partial charge in [0.2, 0.25) is 5.91 Å². The van der Waals surface area contributed by atoms with Gasteiger partial charge in [-0.25, -0.2) is 5.43 Å². The van der Waals surface area contributed by atoms with E-state index in [2.05, 4.69) is 15.8 Å². The first-order chi connectivity index (χ1) is 15.7. The van der Waals surface area contributed by atoms with Gasteiger partial charge in [0.1, 0.15) is 0 Å². The first-order valence-electron chi connectivity index (χ1n) is 9.66. The van der Waals surface area contributed by atoms with Crippen molar-refractivity contribution >= 4 is 52.1 Å². The minimum Gasteiger partial charge on any atom is -0.322 e. The molecule has 3 aromatic carbocycles. The van der Waals surface area contributed by atoms with E-state index in [0.717, 1.165) is 0 Å². The molecule has 10 heteroatoms. The lowest BCUT2D eigenvalue weighted by Gasteiger charge is -2.09. The van der Waals surface area contributed by atoms with Crippen LogP contribution in [0.2, 0.25) is 10.0 Å². The zero-order valence-electron chi connectivity index (χ0n) is 17.3. The molecule has 0 unspecified atom stereocenters. The highest BCUT2D eigenvalue weighted by Gasteiger charge is 2.12. The van der Waals surface area contributed by atoms with Gasteiger partial charge in [-0.15, -0.1) is 0 Å². The normalized spacial score (nSPS) is 11.1. The smallest absolute Gasteiger partial charge is 0.269 e. The van der Waals surface area contributed by atoms with Crippen LogP contribution in [0.4, 0.5) is 11.4 Å². The summed E-state index contributed by atoms with van der Waals surface area (Å²) in [5.41, 5.74) is 5.06. The van der Waals surface area contributed by atoms with Gasteiger partial charge in [0.05, 0.1) is 27.6 Å². The number of hydrogen-bond donors (Lipinski definition) is 2. The fourth-order valence-corrected chi connectivity index (χ4v) is 3.36. The molecule has 0 fully saturated rings. The molecular formula is C23H18Cl2N4O4. The van der Waals surface area contributed by atoms with Crippen molar-refractivity contribution < 1.29 is 14.5 Å². The summed E-state index contributed by atoms with van der Waals surface area (Å²) in [6.07, 6.45) is 0.0206. The van der Waals surface area contributed by atoms with E-state index in [9.17, 15) is 19.7 Å². The molecule has 8 nitrogen and oxygen atoms in total. The number of hydrogen-bond acceptors (Lipinski definition) is 5. The van der Waals surface area contributed by atoms with Gasteiger partial charge in [0.15, 0.2) is 0 Å². The van der Waals surface area contributed by atoms with Crippen molar-refractivity contribution in [2.24, 2.45) is 5.10 Å². The summed E-state index contributed by atoms with van der Waals surface area (Å²) < 4.78 is 0. The second-order valence-corrected chi connectivity index (χ2v) is 7.84. The number of nitro benzene ring substituents is 1. The van der Waals surface area contributed by atoms with E-state index in [-0.39, 0.29) is 34.5 Å². The lowest BCUT2D eigenvalue weighted by atomic mass is 10.1. The maximum absolute atomic E-state index is 12.5. The number of halogens is 2. The van der Waals surface area contributed by atoms with Gasteiger partial charge in [-0.3, -0.25) is 19.7 Å². The van der Waals surface area contributed by atoms with Crippen molar-refractivity contribution in [2.75, 3.05) is 5.32 Å². The Labute approximate surface area is 199 Å². The van der Waals surface area contributed by atoms with Gasteiger partial charge in [0.25, 0.3) is 11.6 Å². The molecule has 0 atom stereocenters. The molecule has 0 aliphatic carbocycles. The van der Waals surface area contributed by atoms with Crippen molar-refractivity contribution in [3.05, 3.63) is 104 Å². The van der Waals surface area contributed by atoms with Crippen LogP contribution in [0.5, 0.6) is 0 Å². The average molecular weight is 485 g/mol. The van der Waals surface area contributed by atoms with Gasteiger partial charge in [-0.05, 0) is 48.4 Å². The second-order valence-electron chi connectivity index (χ2n) is 6.99. The lowest BCUT2D eigenvalue weighted by molar-refractivity contribution is -0.384. The number of hydrazone groups is 1. The standard InChI is InChI=1S/C23H18Cl2N4O4/c1-14(27-28-22(30)11-15-5-8-19(9-6-15)29(32)33)16-3-2-4-18(12-16)26-23(31)20-10-7-17(24)13-21(20)25/h2-10,12-13H,11H2,1H3,(H,26,31)(H,28,30)/b27-14-. The number of non-ortho nitro benzene ring substituents is 1. The zero-order valence-corrected chi connectivity index (χ0v) is 18.9. The summed E-state index contributed by atoms with van der Waals surface area (Å²) in [6.45, 7) is 1.71. The number of rotatable bonds is 7. The number of nitro groups is 1. The Morgan fingerprint density at radius 1 is 1.03 bits per heavy atom. The van der Waals surface area contributed by atoms with Crippen LogP contribution >= 0.6 is 23.2 Å². The van der Waals surface area contributed by atoms with Crippen molar-refractivity contribution in [3.63, 3.8) is 0 Å². The Morgan fingerprint density at radius 3 is 2.42 bits per heavy atom. The first kappa shape index (κ1) is 23.9. The molecule has 2 N–H and O–H groups in total. The van der Waals surface area contributed by atoms with Crippen LogP contribution in [0.15, 0.2) is 71.8 Å². The molecule has 3 aromatic rings. The molecule has 0 saturated heterocycles. The van der Waals surface area contributed by atoms with Crippen LogP contribution in [-0.2, 0) is 11.2 Å². The minimum absolute atomic E-state index is 0.0206. The van der Waals surface area contributed by atoms with E-state index in [1.165, 1.54) is 36.4 Å². The quantitative estimate of drug-likeness (QED) is 0.271. The first-order valence-corrected chi connectivity index (χ1v) is 10.4. The number of benzene rings is 3. The van der Waals surface area contributed by atoms with Crippen LogP contribution in [0.3, 0.4) is 0 Å². The van der Waals surface area contributed by atoms with Crippen LogP contribution in [-0.4, -0.2) is 22.4 Å². The highest BCUT2D eigenvalue weighted by atomic mass is 35.5. The molecule has 3 rings (SSSR count). The van der Waals surface area contributed by atoms with Gasteiger partial charge < -0.3 is 5.32 Å². The Morgan fingerprint density at radius 2 is 1.76 bits per heavy atom. The van der Waals surface area contributed by atoms with E-state index in [1.807, 2.05) is 0 Å². The topological polar surface area (TPSA) is 114 Å². The summed E-state index contributed by atoms with van der Waals surface area (Å²) in [4.78, 5) is 34.9. The summed E-state index contributed by atoms with van der Waals surface area (Å²) in [6, 6.07) is 17.3. The molecule has 0 radical (unpaired) electrons. The van der Waals surface area contributed by atoms with Crippen molar-refractivity contribution in [2.45, 2.75) is 13.3 Å². The predicted molar refractivity (Wildman–Crippen MR) is 128 cm³/mol. The van der Waals surface area contributed by atoms with E-state index >= 15 is 0 Å². The van der Waals surface area contributed by atoms with Crippen LogP contribution in [0.25, 0.3) is 0 Å². The minimum atomic E-state index is -0.502. The van der Waals surface area contributed by atoms with E-state index < -0.39 is 4.92 Å². The highest BCUT2D eigenvalue weighted by molar-refractivity contribution is 6.37. The van der Waals surface area contributed by atoms with Crippen LogP contribution < -0.4 is 10.7 Å². The molecule has 33 heavy (non-hydrogen) atoms. The Hall–Kier alpha value is -3.75. The molecule has 0 spiro atoms. The number of anilines is 1. The number of amides is 2. The van der Waals surface area contributed by atoms with Crippen LogP contribution in [0.1, 0.15) is 28.4 Å². The third kappa shape index (κ3) is 6.61. The number of carbonyl (C=O) groups excluding carboxylic acids is 2. The van der Waals surface area contributed by atoms with E-state index in [0.29, 0.717) is 27.5 Å². The van der Waals surface area contributed by atoms with E-state index in [1.54, 1.807) is 37.3 Å². The molecule has 0 aliphatic rings. The highest BCUT2D eigenvalue weighted by Crippen LogP contribution is 2.22. The van der Waals surface area contributed by atoms with E-state index in [4.69, 9.17) is 23.2 Å². The Kier molecular flexibility index (Phi) is 7.76. The largest absolute Gasteiger partial charge is 0.322 e. The molecule has 0 aliphatic heterocycles. The SMILES string of the molecule is C/C(=N/NC(=O)Cc1ccc([N+](=O)[O-])cc1)c1cccc(NC(=O)c2ccc(Cl)cc2Cl)c1. The maximum Gasteiger partial charge on any atom is 0.269 e. The number of nitrogens with zero attached hydrogens (tertiary/aromatic N) is 2. The fourth-order valence-electron chi connectivity index (χ4n) is 2.87. The second kappa shape index (κ2) is 10.7. The lowest BCUT2D eigenvalue weighted by Crippen LogP contribution is -2.21. The predicted octanol–water partition coefficient (Wildman–Crippen LogP) is 5.24. The van der Waals surface area contributed by atoms with Crippen molar-refractivity contribution in [3.8, 4) is 0 Å². The van der Waals surface area contributed by atoms with Crippen molar-refractivity contribution in [1.82, 2.24) is 5.43 Å². The molecule has 2 amide bonds.